The summed E-state index contributed by atoms with van der Waals surface area (Å²) in [6, 6.07) is -0.0424. The molecule has 1 aliphatic rings. The Morgan fingerprint density at radius 1 is 1.62 bits per heavy atom. The van der Waals surface area contributed by atoms with Crippen LogP contribution in [-0.2, 0) is 4.79 Å². The van der Waals surface area contributed by atoms with Gasteiger partial charge in [-0.3, -0.25) is 4.79 Å². The highest BCUT2D eigenvalue weighted by molar-refractivity contribution is 5.81. The van der Waals surface area contributed by atoms with E-state index in [9.17, 15) is 4.79 Å². The Kier molecular flexibility index (Phi) is 3.72. The number of carbonyl (C=O) groups is 1. The lowest BCUT2D eigenvalue weighted by Gasteiger charge is -2.16. The minimum atomic E-state index is -0.332. The van der Waals surface area contributed by atoms with Crippen molar-refractivity contribution in [3.63, 3.8) is 0 Å². The second-order valence-corrected chi connectivity index (χ2v) is 4.10. The molecule has 1 amide bonds. The molecule has 0 aromatic carbocycles. The van der Waals surface area contributed by atoms with Crippen molar-refractivity contribution in [1.29, 1.82) is 0 Å². The van der Waals surface area contributed by atoms with Gasteiger partial charge < -0.3 is 11.1 Å². The summed E-state index contributed by atoms with van der Waals surface area (Å²) in [6.45, 7) is 3.98. The van der Waals surface area contributed by atoms with E-state index in [-0.39, 0.29) is 18.0 Å². The fraction of sp³-hybridized carbons (Fsp3) is 0.900. The molecule has 1 aliphatic carbocycles. The quantitative estimate of drug-likeness (QED) is 0.670. The van der Waals surface area contributed by atoms with Crippen molar-refractivity contribution in [1.82, 2.24) is 5.32 Å². The predicted octanol–water partition coefficient (Wildman–Crippen LogP) is 1.03. The van der Waals surface area contributed by atoms with Crippen LogP contribution in [0.3, 0.4) is 0 Å². The Labute approximate surface area is 80.1 Å². The van der Waals surface area contributed by atoms with Gasteiger partial charge in [-0.1, -0.05) is 19.8 Å². The molecule has 13 heavy (non-hydrogen) atoms. The van der Waals surface area contributed by atoms with E-state index in [1.165, 1.54) is 12.8 Å². The lowest BCUT2D eigenvalue weighted by Crippen LogP contribution is -2.44. The van der Waals surface area contributed by atoms with Gasteiger partial charge in [-0.2, -0.15) is 0 Å². The summed E-state index contributed by atoms with van der Waals surface area (Å²) in [5, 5.41) is 2.94. The molecule has 1 fully saturated rings. The molecule has 3 nitrogen and oxygen atoms in total. The monoisotopic (exact) mass is 184 g/mol. The van der Waals surface area contributed by atoms with Gasteiger partial charge in [0.15, 0.2) is 0 Å². The van der Waals surface area contributed by atoms with Crippen molar-refractivity contribution in [3.05, 3.63) is 0 Å². The molecule has 0 aliphatic heterocycles. The van der Waals surface area contributed by atoms with Gasteiger partial charge in [-0.15, -0.1) is 0 Å². The molecule has 0 saturated heterocycles. The third-order valence-electron chi connectivity index (χ3n) is 2.55. The average molecular weight is 184 g/mol. The van der Waals surface area contributed by atoms with Crippen LogP contribution in [0.4, 0.5) is 0 Å². The Hall–Kier alpha value is -0.570. The summed E-state index contributed by atoms with van der Waals surface area (Å²) >= 11 is 0. The van der Waals surface area contributed by atoms with Crippen LogP contribution < -0.4 is 11.1 Å². The van der Waals surface area contributed by atoms with E-state index in [1.54, 1.807) is 0 Å². The average Bonchev–Trinajstić information content (AvgIpc) is 2.86. The van der Waals surface area contributed by atoms with Crippen LogP contribution in [0.1, 0.15) is 39.5 Å². The molecule has 0 aromatic rings. The number of hydrogen-bond acceptors (Lipinski definition) is 2. The first-order valence-electron chi connectivity index (χ1n) is 5.19. The van der Waals surface area contributed by atoms with E-state index >= 15 is 0 Å². The van der Waals surface area contributed by atoms with Crippen molar-refractivity contribution in [2.45, 2.75) is 51.6 Å². The van der Waals surface area contributed by atoms with Crippen LogP contribution in [0.15, 0.2) is 0 Å². The lowest BCUT2D eigenvalue weighted by molar-refractivity contribution is -0.123. The lowest BCUT2D eigenvalue weighted by atomic mass is 10.1. The maximum absolute atomic E-state index is 11.4. The van der Waals surface area contributed by atoms with E-state index in [1.807, 2.05) is 6.92 Å². The molecular weight excluding hydrogens is 164 g/mol. The van der Waals surface area contributed by atoms with Gasteiger partial charge in [0.1, 0.15) is 0 Å². The zero-order valence-corrected chi connectivity index (χ0v) is 8.55. The molecule has 2 atom stereocenters. The van der Waals surface area contributed by atoms with E-state index in [0.29, 0.717) is 6.42 Å². The summed E-state index contributed by atoms with van der Waals surface area (Å²) in [6.07, 6.45) is 4.49. The van der Waals surface area contributed by atoms with Crippen LogP contribution >= 0.6 is 0 Å². The molecule has 3 N–H and O–H groups in total. The largest absolute Gasteiger partial charge is 0.352 e. The van der Waals surface area contributed by atoms with Gasteiger partial charge >= 0.3 is 0 Å². The molecule has 76 valence electrons. The Bertz CT molecular complexity index is 178. The highest BCUT2D eigenvalue weighted by atomic mass is 16.2. The van der Waals surface area contributed by atoms with Crippen molar-refractivity contribution in [2.24, 2.45) is 11.7 Å². The maximum atomic E-state index is 11.4. The highest BCUT2D eigenvalue weighted by Crippen LogP contribution is 2.33. The maximum Gasteiger partial charge on any atom is 0.237 e. The van der Waals surface area contributed by atoms with Gasteiger partial charge in [0.2, 0.25) is 5.91 Å². The first-order chi connectivity index (χ1) is 6.13. The van der Waals surface area contributed by atoms with E-state index in [2.05, 4.69) is 12.2 Å². The second-order valence-electron chi connectivity index (χ2n) is 4.10. The molecule has 0 bridgehead atoms. The third kappa shape index (κ3) is 3.77. The number of hydrogen-bond donors (Lipinski definition) is 2. The second kappa shape index (κ2) is 4.61. The number of rotatable bonds is 5. The number of nitrogens with one attached hydrogen (secondary N) is 1. The zero-order valence-electron chi connectivity index (χ0n) is 8.55. The first-order valence-corrected chi connectivity index (χ1v) is 5.19. The Balaban J connectivity index is 2.17. The molecule has 1 saturated carbocycles. The number of amides is 1. The van der Waals surface area contributed by atoms with Gasteiger partial charge in [0.25, 0.3) is 0 Å². The first kappa shape index (κ1) is 10.5. The third-order valence-corrected chi connectivity index (χ3v) is 2.55. The molecular formula is C10H20N2O. The molecule has 1 rings (SSSR count). The minimum Gasteiger partial charge on any atom is -0.352 e. The van der Waals surface area contributed by atoms with Crippen LogP contribution in [0.5, 0.6) is 0 Å². The normalized spacial score (nSPS) is 20.8. The Morgan fingerprint density at radius 2 is 2.23 bits per heavy atom. The van der Waals surface area contributed by atoms with E-state index in [0.717, 1.165) is 12.3 Å². The van der Waals surface area contributed by atoms with Crippen LogP contribution in [0.25, 0.3) is 0 Å². The van der Waals surface area contributed by atoms with Crippen molar-refractivity contribution in [2.75, 3.05) is 0 Å². The highest BCUT2D eigenvalue weighted by Gasteiger charge is 2.24. The summed E-state index contributed by atoms with van der Waals surface area (Å²) < 4.78 is 0. The summed E-state index contributed by atoms with van der Waals surface area (Å²) in [7, 11) is 0. The molecule has 0 spiro atoms. The summed E-state index contributed by atoms with van der Waals surface area (Å²) in [4.78, 5) is 11.4. The van der Waals surface area contributed by atoms with Crippen LogP contribution in [0.2, 0.25) is 0 Å². The van der Waals surface area contributed by atoms with E-state index < -0.39 is 0 Å². The summed E-state index contributed by atoms with van der Waals surface area (Å²) in [5.74, 6) is 0.851. The summed E-state index contributed by atoms with van der Waals surface area (Å²) in [5.41, 5.74) is 5.60. The van der Waals surface area contributed by atoms with Crippen molar-refractivity contribution >= 4 is 5.91 Å². The number of carbonyl (C=O) groups excluding carboxylic acids is 1. The molecule has 0 aromatic heterocycles. The van der Waals surface area contributed by atoms with Crippen LogP contribution in [-0.4, -0.2) is 18.0 Å². The molecule has 0 radical (unpaired) electrons. The van der Waals surface area contributed by atoms with E-state index in [4.69, 9.17) is 5.73 Å². The zero-order chi connectivity index (χ0) is 9.84. The molecule has 1 unspecified atom stereocenters. The van der Waals surface area contributed by atoms with Crippen molar-refractivity contribution < 1.29 is 4.79 Å². The van der Waals surface area contributed by atoms with Crippen LogP contribution in [0, 0.1) is 5.92 Å². The standard InChI is InChI=1S/C10H20N2O/c1-3-9(11)10(13)12-7(2)6-8-4-5-8/h7-9H,3-6,11H2,1-2H3,(H,12,13)/t7?,9-/m1/s1. The Morgan fingerprint density at radius 3 is 2.69 bits per heavy atom. The fourth-order valence-corrected chi connectivity index (χ4v) is 1.45. The topological polar surface area (TPSA) is 55.1 Å². The number of nitrogens with two attached hydrogens (primary N) is 1. The smallest absolute Gasteiger partial charge is 0.237 e. The van der Waals surface area contributed by atoms with Gasteiger partial charge in [0, 0.05) is 6.04 Å². The SMILES string of the molecule is CC[C@@H](N)C(=O)NC(C)CC1CC1. The predicted molar refractivity (Wildman–Crippen MR) is 53.2 cm³/mol. The molecule has 3 heteroatoms. The molecule has 0 heterocycles. The van der Waals surface area contributed by atoms with Crippen molar-refractivity contribution in [3.8, 4) is 0 Å². The van der Waals surface area contributed by atoms with Gasteiger partial charge in [-0.05, 0) is 25.7 Å². The minimum absolute atomic E-state index is 0.00403. The van der Waals surface area contributed by atoms with Gasteiger partial charge in [-0.25, -0.2) is 0 Å². The van der Waals surface area contributed by atoms with Gasteiger partial charge in [0.05, 0.1) is 6.04 Å². The fourth-order valence-electron chi connectivity index (χ4n) is 1.45.